The number of para-hydroxylation sites is 2. The van der Waals surface area contributed by atoms with Gasteiger partial charge in [-0.3, -0.25) is 19.8 Å². The summed E-state index contributed by atoms with van der Waals surface area (Å²) >= 11 is 0. The van der Waals surface area contributed by atoms with Gasteiger partial charge >= 0.3 is 0 Å². The number of piperazine rings is 1. The van der Waals surface area contributed by atoms with E-state index in [1.54, 1.807) is 12.1 Å². The molecule has 154 valence electrons. The van der Waals surface area contributed by atoms with E-state index in [-0.39, 0.29) is 22.6 Å². The summed E-state index contributed by atoms with van der Waals surface area (Å²) in [5.41, 5.74) is 4.33. The highest BCUT2D eigenvalue weighted by molar-refractivity contribution is 5.78. The number of amides is 1. The van der Waals surface area contributed by atoms with E-state index < -0.39 is 0 Å². The molecule has 1 N–H and O–H groups in total. The lowest BCUT2D eigenvalue weighted by Gasteiger charge is -2.35. The van der Waals surface area contributed by atoms with Crippen molar-refractivity contribution in [1.29, 1.82) is 0 Å². The van der Waals surface area contributed by atoms with Crippen LogP contribution in [0.5, 0.6) is 0 Å². The Balaban J connectivity index is 1.52. The van der Waals surface area contributed by atoms with Crippen LogP contribution in [0, 0.1) is 24.0 Å². The maximum absolute atomic E-state index is 12.5. The van der Waals surface area contributed by atoms with E-state index in [0.717, 1.165) is 5.56 Å². The molecule has 1 heterocycles. The van der Waals surface area contributed by atoms with Crippen LogP contribution in [0.1, 0.15) is 29.7 Å². The van der Waals surface area contributed by atoms with E-state index in [0.29, 0.717) is 38.4 Å². The van der Waals surface area contributed by atoms with Gasteiger partial charge in [-0.2, -0.15) is 0 Å². The third kappa shape index (κ3) is 5.12. The number of carbonyl (C=O) groups excluding carboxylic acids is 1. The Kier molecular flexibility index (Phi) is 6.49. The van der Waals surface area contributed by atoms with Crippen LogP contribution in [-0.2, 0) is 4.79 Å². The molecule has 0 aliphatic carbocycles. The fourth-order valence-electron chi connectivity index (χ4n) is 3.64. The number of nitrogens with zero attached hydrogens (tertiary/aromatic N) is 3. The molecule has 1 unspecified atom stereocenters. The summed E-state index contributed by atoms with van der Waals surface area (Å²) in [6.45, 7) is 9.18. The van der Waals surface area contributed by atoms with Gasteiger partial charge < -0.3 is 10.2 Å². The molecule has 0 spiro atoms. The largest absolute Gasteiger partial charge is 0.363 e. The number of nitrogens with one attached hydrogen (secondary N) is 1. The first-order valence-electron chi connectivity index (χ1n) is 9.92. The highest BCUT2D eigenvalue weighted by Gasteiger charge is 2.24. The van der Waals surface area contributed by atoms with E-state index in [4.69, 9.17) is 0 Å². The van der Waals surface area contributed by atoms with Gasteiger partial charge in [-0.25, -0.2) is 0 Å². The van der Waals surface area contributed by atoms with Crippen LogP contribution in [0.2, 0.25) is 0 Å². The van der Waals surface area contributed by atoms with Crippen LogP contribution in [0.15, 0.2) is 42.5 Å². The Morgan fingerprint density at radius 3 is 2.45 bits per heavy atom. The molecule has 0 aromatic heterocycles. The van der Waals surface area contributed by atoms with Crippen LogP contribution >= 0.6 is 0 Å². The minimum atomic E-state index is -0.344. The zero-order chi connectivity index (χ0) is 21.0. The summed E-state index contributed by atoms with van der Waals surface area (Å²) in [5, 5.41) is 14.3. The number of aryl methyl sites for hydroxylation is 2. The van der Waals surface area contributed by atoms with Gasteiger partial charge in [0.15, 0.2) is 0 Å². The fourth-order valence-corrected chi connectivity index (χ4v) is 3.64. The molecule has 1 saturated heterocycles. The predicted octanol–water partition coefficient (Wildman–Crippen LogP) is 3.21. The summed E-state index contributed by atoms with van der Waals surface area (Å²) in [4.78, 5) is 27.5. The van der Waals surface area contributed by atoms with Crippen molar-refractivity contribution in [2.45, 2.75) is 26.8 Å². The Bertz CT molecular complexity index is 891. The van der Waals surface area contributed by atoms with E-state index in [9.17, 15) is 14.9 Å². The molecule has 1 aliphatic heterocycles. The van der Waals surface area contributed by atoms with E-state index in [2.05, 4.69) is 42.3 Å². The van der Waals surface area contributed by atoms with Crippen molar-refractivity contribution in [3.05, 3.63) is 69.3 Å². The molecule has 29 heavy (non-hydrogen) atoms. The standard InChI is InChI=1S/C22H28N4O3/c1-16-8-9-19(14-17(16)2)18(3)23-22(27)15-24-10-12-25(13-11-24)20-6-4-5-7-21(20)26(28)29/h4-9,14,18H,10-13,15H2,1-3H3,(H,23,27). The second-order valence-electron chi connectivity index (χ2n) is 7.64. The number of nitro benzene ring substituents is 1. The Hall–Kier alpha value is -2.93. The number of carbonyl (C=O) groups is 1. The molecule has 1 amide bonds. The quantitative estimate of drug-likeness (QED) is 0.599. The molecule has 0 bridgehead atoms. The molecule has 1 aliphatic rings. The van der Waals surface area contributed by atoms with Crippen LogP contribution in [0.3, 0.4) is 0 Å². The van der Waals surface area contributed by atoms with Gasteiger partial charge in [0.25, 0.3) is 5.69 Å². The fraction of sp³-hybridized carbons (Fsp3) is 0.409. The predicted molar refractivity (Wildman–Crippen MR) is 114 cm³/mol. The van der Waals surface area contributed by atoms with Gasteiger partial charge in [0.2, 0.25) is 5.91 Å². The average Bonchev–Trinajstić information content (AvgIpc) is 2.70. The maximum Gasteiger partial charge on any atom is 0.292 e. The Morgan fingerprint density at radius 2 is 1.79 bits per heavy atom. The van der Waals surface area contributed by atoms with Gasteiger partial charge in [0.1, 0.15) is 5.69 Å². The molecule has 1 fully saturated rings. The van der Waals surface area contributed by atoms with Crippen molar-refractivity contribution in [3.8, 4) is 0 Å². The minimum Gasteiger partial charge on any atom is -0.363 e. The van der Waals surface area contributed by atoms with Crippen LogP contribution in [0.25, 0.3) is 0 Å². The first-order valence-corrected chi connectivity index (χ1v) is 9.92. The van der Waals surface area contributed by atoms with Gasteiger partial charge in [-0.15, -0.1) is 0 Å². The lowest BCUT2D eigenvalue weighted by atomic mass is 10.0. The average molecular weight is 396 g/mol. The lowest BCUT2D eigenvalue weighted by Crippen LogP contribution is -2.49. The summed E-state index contributed by atoms with van der Waals surface area (Å²) in [6.07, 6.45) is 0. The van der Waals surface area contributed by atoms with Crippen LogP contribution < -0.4 is 10.2 Å². The summed E-state index contributed by atoms with van der Waals surface area (Å²) in [5.74, 6) is -0.00475. The molecule has 2 aromatic rings. The highest BCUT2D eigenvalue weighted by Crippen LogP contribution is 2.28. The highest BCUT2D eigenvalue weighted by atomic mass is 16.6. The number of hydrogen-bond acceptors (Lipinski definition) is 5. The first kappa shape index (κ1) is 20.8. The number of nitro groups is 1. The maximum atomic E-state index is 12.5. The van der Waals surface area contributed by atoms with Crippen molar-refractivity contribution in [1.82, 2.24) is 10.2 Å². The molecule has 7 nitrogen and oxygen atoms in total. The van der Waals surface area contributed by atoms with Crippen LogP contribution in [-0.4, -0.2) is 48.5 Å². The SMILES string of the molecule is Cc1ccc(C(C)NC(=O)CN2CCN(c3ccccc3[N+](=O)[O-])CC2)cc1C. The van der Waals surface area contributed by atoms with E-state index in [1.165, 1.54) is 17.2 Å². The lowest BCUT2D eigenvalue weighted by molar-refractivity contribution is -0.384. The van der Waals surface area contributed by atoms with E-state index in [1.807, 2.05) is 17.9 Å². The van der Waals surface area contributed by atoms with Crippen molar-refractivity contribution in [2.24, 2.45) is 0 Å². The third-order valence-corrected chi connectivity index (χ3v) is 5.57. The first-order chi connectivity index (χ1) is 13.8. The van der Waals surface area contributed by atoms with Gasteiger partial charge in [0, 0.05) is 32.2 Å². The summed E-state index contributed by atoms with van der Waals surface area (Å²) < 4.78 is 0. The molecular formula is C22H28N4O3. The van der Waals surface area contributed by atoms with E-state index >= 15 is 0 Å². The van der Waals surface area contributed by atoms with Gasteiger partial charge in [0.05, 0.1) is 17.5 Å². The summed E-state index contributed by atoms with van der Waals surface area (Å²) in [7, 11) is 0. The number of rotatable bonds is 6. The monoisotopic (exact) mass is 396 g/mol. The molecule has 2 aromatic carbocycles. The Labute approximate surface area is 171 Å². The third-order valence-electron chi connectivity index (χ3n) is 5.57. The number of benzene rings is 2. The second kappa shape index (κ2) is 9.05. The molecule has 3 rings (SSSR count). The van der Waals surface area contributed by atoms with Gasteiger partial charge in [-0.05, 0) is 43.5 Å². The molecule has 7 heteroatoms. The minimum absolute atomic E-state index is 0.00475. The smallest absolute Gasteiger partial charge is 0.292 e. The number of hydrogen-bond donors (Lipinski definition) is 1. The molecule has 0 saturated carbocycles. The molecular weight excluding hydrogens is 368 g/mol. The molecule has 1 atom stereocenters. The summed E-state index contributed by atoms with van der Waals surface area (Å²) in [6, 6.07) is 13.0. The molecule has 0 radical (unpaired) electrons. The topological polar surface area (TPSA) is 78.7 Å². The van der Waals surface area contributed by atoms with Crippen molar-refractivity contribution in [3.63, 3.8) is 0 Å². The zero-order valence-corrected chi connectivity index (χ0v) is 17.2. The zero-order valence-electron chi connectivity index (χ0n) is 17.2. The normalized spacial score (nSPS) is 15.8. The Morgan fingerprint density at radius 1 is 1.10 bits per heavy atom. The van der Waals surface area contributed by atoms with Crippen molar-refractivity contribution < 1.29 is 9.72 Å². The van der Waals surface area contributed by atoms with Crippen molar-refractivity contribution in [2.75, 3.05) is 37.6 Å². The van der Waals surface area contributed by atoms with Crippen LogP contribution in [0.4, 0.5) is 11.4 Å². The van der Waals surface area contributed by atoms with Crippen molar-refractivity contribution >= 4 is 17.3 Å². The van der Waals surface area contributed by atoms with Gasteiger partial charge in [-0.1, -0.05) is 30.3 Å². The number of anilines is 1. The second-order valence-corrected chi connectivity index (χ2v) is 7.64.